The van der Waals surface area contributed by atoms with Gasteiger partial charge in [-0.3, -0.25) is 0 Å². The first-order valence-corrected chi connectivity index (χ1v) is 4.25. The molecule has 0 saturated carbocycles. The van der Waals surface area contributed by atoms with Gasteiger partial charge in [0.1, 0.15) is 12.4 Å². The molecule has 0 aromatic heterocycles. The van der Waals surface area contributed by atoms with Crippen molar-refractivity contribution in [3.63, 3.8) is 0 Å². The quantitative estimate of drug-likeness (QED) is 0.654. The molecule has 0 aliphatic heterocycles. The van der Waals surface area contributed by atoms with Crippen molar-refractivity contribution < 1.29 is 4.74 Å². The smallest absolute Gasteiger partial charge is 0.143 e. The fourth-order valence-electron chi connectivity index (χ4n) is 1.10. The van der Waals surface area contributed by atoms with Crippen LogP contribution in [0.25, 0.3) is 0 Å². The molecule has 0 unspecified atom stereocenters. The second-order valence-corrected chi connectivity index (χ2v) is 2.96. The molecular formula is C11H15NO. The Labute approximate surface area is 79.4 Å². The zero-order valence-corrected chi connectivity index (χ0v) is 8.16. The molecule has 13 heavy (non-hydrogen) atoms. The molecule has 2 heteroatoms. The third kappa shape index (κ3) is 2.51. The van der Waals surface area contributed by atoms with Crippen LogP contribution in [0.1, 0.15) is 0 Å². The molecule has 2 nitrogen and oxygen atoms in total. The Balaban J connectivity index is 2.84. The Morgan fingerprint density at radius 2 is 2.08 bits per heavy atom. The van der Waals surface area contributed by atoms with Crippen LogP contribution >= 0.6 is 0 Å². The predicted octanol–water partition coefficient (Wildman–Crippen LogP) is 2.32. The normalized spacial score (nSPS) is 9.38. The lowest BCUT2D eigenvalue weighted by Gasteiger charge is -2.16. The third-order valence-electron chi connectivity index (χ3n) is 1.70. The van der Waals surface area contributed by atoms with E-state index < -0.39 is 0 Å². The minimum Gasteiger partial charge on any atom is -0.487 e. The van der Waals surface area contributed by atoms with Crippen LogP contribution in [0.4, 0.5) is 5.69 Å². The average Bonchev–Trinajstić information content (AvgIpc) is 2.15. The minimum absolute atomic E-state index is 0.546. The van der Waals surface area contributed by atoms with Crippen molar-refractivity contribution in [1.29, 1.82) is 0 Å². The van der Waals surface area contributed by atoms with Gasteiger partial charge in [0.25, 0.3) is 0 Å². The van der Waals surface area contributed by atoms with Gasteiger partial charge in [0.15, 0.2) is 0 Å². The highest BCUT2D eigenvalue weighted by molar-refractivity contribution is 5.57. The highest BCUT2D eigenvalue weighted by Crippen LogP contribution is 2.25. The van der Waals surface area contributed by atoms with E-state index in [4.69, 9.17) is 4.74 Å². The summed E-state index contributed by atoms with van der Waals surface area (Å²) in [6.07, 6.45) is 1.74. The monoisotopic (exact) mass is 177 g/mol. The Morgan fingerprint density at radius 3 is 2.69 bits per heavy atom. The Bertz CT molecular complexity index is 281. The predicted molar refractivity (Wildman–Crippen MR) is 56.5 cm³/mol. The number of anilines is 1. The average molecular weight is 177 g/mol. The van der Waals surface area contributed by atoms with Gasteiger partial charge >= 0.3 is 0 Å². The van der Waals surface area contributed by atoms with Crippen molar-refractivity contribution in [2.75, 3.05) is 25.6 Å². The number of benzene rings is 1. The van der Waals surface area contributed by atoms with Crippen molar-refractivity contribution in [1.82, 2.24) is 0 Å². The lowest BCUT2D eigenvalue weighted by molar-refractivity contribution is 0.364. The largest absolute Gasteiger partial charge is 0.487 e. The molecule has 0 saturated heterocycles. The van der Waals surface area contributed by atoms with E-state index in [9.17, 15) is 0 Å². The van der Waals surface area contributed by atoms with Crippen LogP contribution in [-0.2, 0) is 0 Å². The van der Waals surface area contributed by atoms with E-state index in [-0.39, 0.29) is 0 Å². The Morgan fingerprint density at radius 1 is 1.38 bits per heavy atom. The number of nitrogens with zero attached hydrogens (tertiary/aromatic N) is 1. The molecule has 0 spiro atoms. The maximum Gasteiger partial charge on any atom is 0.143 e. The van der Waals surface area contributed by atoms with E-state index in [1.165, 1.54) is 0 Å². The van der Waals surface area contributed by atoms with E-state index >= 15 is 0 Å². The van der Waals surface area contributed by atoms with Crippen LogP contribution in [0.2, 0.25) is 0 Å². The van der Waals surface area contributed by atoms with Crippen LogP contribution in [0, 0.1) is 0 Å². The zero-order chi connectivity index (χ0) is 9.68. The van der Waals surface area contributed by atoms with Crippen LogP contribution < -0.4 is 9.64 Å². The van der Waals surface area contributed by atoms with E-state index in [1.54, 1.807) is 6.08 Å². The second-order valence-electron chi connectivity index (χ2n) is 2.96. The number of hydrogen-bond acceptors (Lipinski definition) is 2. The highest BCUT2D eigenvalue weighted by Gasteiger charge is 2.02. The fraction of sp³-hybridized carbons (Fsp3) is 0.273. The maximum atomic E-state index is 5.49. The van der Waals surface area contributed by atoms with Crippen molar-refractivity contribution in [2.45, 2.75) is 0 Å². The first kappa shape index (κ1) is 9.65. The number of hydrogen-bond donors (Lipinski definition) is 0. The first-order valence-electron chi connectivity index (χ1n) is 4.25. The summed E-state index contributed by atoms with van der Waals surface area (Å²) in [7, 11) is 3.99. The number of para-hydroxylation sites is 2. The summed E-state index contributed by atoms with van der Waals surface area (Å²) < 4.78 is 5.49. The first-order chi connectivity index (χ1) is 6.25. The molecule has 1 aromatic rings. The lowest BCUT2D eigenvalue weighted by Crippen LogP contribution is -2.10. The van der Waals surface area contributed by atoms with Gasteiger partial charge in [-0.2, -0.15) is 0 Å². The molecule has 0 fully saturated rings. The van der Waals surface area contributed by atoms with Crippen LogP contribution in [0.3, 0.4) is 0 Å². The molecule has 0 aliphatic carbocycles. The summed E-state index contributed by atoms with van der Waals surface area (Å²) in [6, 6.07) is 7.94. The van der Waals surface area contributed by atoms with Gasteiger partial charge in [0, 0.05) is 14.1 Å². The number of rotatable bonds is 4. The molecule has 0 N–H and O–H groups in total. The van der Waals surface area contributed by atoms with Gasteiger partial charge in [-0.1, -0.05) is 24.8 Å². The standard InChI is InChI=1S/C11H15NO/c1-4-9-13-11-8-6-5-7-10(11)12(2)3/h4-8H,1,9H2,2-3H3. The molecule has 70 valence electrons. The molecule has 1 rings (SSSR count). The van der Waals surface area contributed by atoms with Crippen molar-refractivity contribution >= 4 is 5.69 Å². The molecule has 0 amide bonds. The Hall–Kier alpha value is -1.44. The van der Waals surface area contributed by atoms with Crippen LogP contribution in [0.15, 0.2) is 36.9 Å². The summed E-state index contributed by atoms with van der Waals surface area (Å²) in [5, 5.41) is 0. The van der Waals surface area contributed by atoms with E-state index in [0.29, 0.717) is 6.61 Å². The summed E-state index contributed by atoms with van der Waals surface area (Å²) in [5.41, 5.74) is 1.09. The van der Waals surface area contributed by atoms with Crippen molar-refractivity contribution in [3.8, 4) is 5.75 Å². The molecule has 0 aliphatic rings. The molecule has 0 bridgehead atoms. The minimum atomic E-state index is 0.546. The van der Waals surface area contributed by atoms with E-state index in [1.807, 2.05) is 43.3 Å². The highest BCUT2D eigenvalue weighted by atomic mass is 16.5. The summed E-state index contributed by atoms with van der Waals surface area (Å²) in [6.45, 7) is 4.16. The van der Waals surface area contributed by atoms with Crippen LogP contribution in [-0.4, -0.2) is 20.7 Å². The second kappa shape index (κ2) is 4.55. The number of ether oxygens (including phenoxy) is 1. The van der Waals surface area contributed by atoms with Gasteiger partial charge in [-0.05, 0) is 12.1 Å². The van der Waals surface area contributed by atoms with Gasteiger partial charge in [-0.15, -0.1) is 0 Å². The zero-order valence-electron chi connectivity index (χ0n) is 8.16. The van der Waals surface area contributed by atoms with Gasteiger partial charge < -0.3 is 9.64 Å². The van der Waals surface area contributed by atoms with E-state index in [2.05, 4.69) is 6.58 Å². The third-order valence-corrected chi connectivity index (χ3v) is 1.70. The topological polar surface area (TPSA) is 12.5 Å². The van der Waals surface area contributed by atoms with Gasteiger partial charge in [0.2, 0.25) is 0 Å². The van der Waals surface area contributed by atoms with Gasteiger partial charge in [-0.25, -0.2) is 0 Å². The van der Waals surface area contributed by atoms with Crippen LogP contribution in [0.5, 0.6) is 5.75 Å². The van der Waals surface area contributed by atoms with Crippen molar-refractivity contribution in [2.24, 2.45) is 0 Å². The molecule has 1 aromatic carbocycles. The molecule has 0 atom stereocenters. The fourth-order valence-corrected chi connectivity index (χ4v) is 1.10. The van der Waals surface area contributed by atoms with Crippen molar-refractivity contribution in [3.05, 3.63) is 36.9 Å². The van der Waals surface area contributed by atoms with Gasteiger partial charge in [0.05, 0.1) is 5.69 Å². The molecule has 0 radical (unpaired) electrons. The molecular weight excluding hydrogens is 162 g/mol. The van der Waals surface area contributed by atoms with E-state index in [0.717, 1.165) is 11.4 Å². The lowest BCUT2D eigenvalue weighted by atomic mass is 10.3. The Kier molecular flexibility index (Phi) is 3.38. The molecule has 0 heterocycles. The summed E-state index contributed by atoms with van der Waals surface area (Å²) >= 11 is 0. The summed E-state index contributed by atoms with van der Waals surface area (Å²) in [5.74, 6) is 0.896. The summed E-state index contributed by atoms with van der Waals surface area (Å²) in [4.78, 5) is 2.03. The maximum absolute atomic E-state index is 5.49. The SMILES string of the molecule is C=CCOc1ccccc1N(C)C.